The Labute approximate surface area is 213 Å². The van der Waals surface area contributed by atoms with Gasteiger partial charge in [-0.25, -0.2) is 4.39 Å². The second-order valence-corrected chi connectivity index (χ2v) is 9.20. The molecule has 196 valence electrons. The summed E-state index contributed by atoms with van der Waals surface area (Å²) in [6, 6.07) is 12.8. The highest BCUT2D eigenvalue weighted by Crippen LogP contribution is 2.33. The van der Waals surface area contributed by atoms with Crippen LogP contribution >= 0.6 is 0 Å². The number of hydrogen-bond acceptors (Lipinski definition) is 4. The van der Waals surface area contributed by atoms with E-state index in [-0.39, 0.29) is 23.2 Å². The summed E-state index contributed by atoms with van der Waals surface area (Å²) in [5.74, 6) is -0.859. The van der Waals surface area contributed by atoms with Gasteiger partial charge in [0.05, 0.1) is 12.7 Å². The van der Waals surface area contributed by atoms with Gasteiger partial charge in [0.25, 0.3) is 5.91 Å². The Morgan fingerprint density at radius 2 is 1.86 bits per heavy atom. The van der Waals surface area contributed by atoms with Gasteiger partial charge in [0.1, 0.15) is 11.6 Å². The third kappa shape index (κ3) is 7.07. The summed E-state index contributed by atoms with van der Waals surface area (Å²) in [4.78, 5) is 21.6. The molecule has 1 amide bonds. The number of halogens is 4. The van der Waals surface area contributed by atoms with Crippen molar-refractivity contribution in [1.82, 2.24) is 14.8 Å². The molecule has 0 aliphatic carbocycles. The summed E-state index contributed by atoms with van der Waals surface area (Å²) >= 11 is 0. The lowest BCUT2D eigenvalue weighted by Crippen LogP contribution is -2.56. The van der Waals surface area contributed by atoms with Crippen molar-refractivity contribution in [2.45, 2.75) is 31.5 Å². The van der Waals surface area contributed by atoms with E-state index in [2.05, 4.69) is 9.88 Å². The first-order valence-corrected chi connectivity index (χ1v) is 12.2. The van der Waals surface area contributed by atoms with Gasteiger partial charge in [0, 0.05) is 43.6 Å². The van der Waals surface area contributed by atoms with Crippen molar-refractivity contribution in [3.8, 4) is 5.75 Å². The van der Waals surface area contributed by atoms with Gasteiger partial charge in [-0.2, -0.15) is 13.2 Å². The number of hydrogen-bond donors (Lipinski definition) is 0. The first-order chi connectivity index (χ1) is 17.7. The van der Waals surface area contributed by atoms with Crippen LogP contribution < -0.4 is 4.74 Å². The third-order valence-electron chi connectivity index (χ3n) is 6.59. The lowest BCUT2D eigenvalue weighted by atomic mass is 9.99. The molecule has 0 unspecified atom stereocenters. The van der Waals surface area contributed by atoms with Crippen LogP contribution in [0.3, 0.4) is 0 Å². The molecule has 1 aliphatic heterocycles. The van der Waals surface area contributed by atoms with Crippen molar-refractivity contribution in [2.24, 2.45) is 0 Å². The van der Waals surface area contributed by atoms with Crippen LogP contribution in [0.25, 0.3) is 0 Å². The summed E-state index contributed by atoms with van der Waals surface area (Å²) in [7, 11) is 1.27. The fourth-order valence-electron chi connectivity index (χ4n) is 4.68. The van der Waals surface area contributed by atoms with Gasteiger partial charge >= 0.3 is 6.18 Å². The van der Waals surface area contributed by atoms with Crippen LogP contribution in [0.4, 0.5) is 17.6 Å². The number of methoxy groups -OCH3 is 1. The average Bonchev–Trinajstić information content (AvgIpc) is 2.89. The maximum Gasteiger partial charge on any atom is 0.416 e. The number of nitrogens with zero attached hydrogens (tertiary/aromatic N) is 3. The molecule has 0 N–H and O–H groups in total. The second kappa shape index (κ2) is 11.7. The first-order valence-electron chi connectivity index (χ1n) is 12.2. The fraction of sp³-hybridized carbons (Fsp3) is 0.357. The Hall–Kier alpha value is -3.46. The molecule has 1 fully saturated rings. The fourth-order valence-corrected chi connectivity index (χ4v) is 4.68. The molecule has 0 spiro atoms. The Morgan fingerprint density at radius 1 is 1.08 bits per heavy atom. The number of ether oxygens (including phenoxy) is 1. The zero-order chi connectivity index (χ0) is 26.4. The van der Waals surface area contributed by atoms with E-state index in [1.54, 1.807) is 23.2 Å². The van der Waals surface area contributed by atoms with E-state index in [4.69, 9.17) is 4.74 Å². The number of amides is 1. The summed E-state index contributed by atoms with van der Waals surface area (Å²) in [6.07, 6.45) is 1.22. The standard InChI is InChI=1S/C28H29F4N3O2/c1-37-26-16-22(15-23(17-26)28(30,31)32)27(36)35-13-12-34(11-3-5-21-4-2-10-33-18-21)19-25(35)14-20-6-8-24(29)9-7-20/h2,4,6-10,15-18,25H,3,5,11-14,19H2,1H3/t25-/m1/s1. The predicted molar refractivity (Wildman–Crippen MR) is 132 cm³/mol. The van der Waals surface area contributed by atoms with Crippen LogP contribution in [-0.4, -0.2) is 60.0 Å². The molecule has 1 atom stereocenters. The monoisotopic (exact) mass is 515 g/mol. The molecule has 1 aromatic heterocycles. The molecule has 2 heterocycles. The summed E-state index contributed by atoms with van der Waals surface area (Å²) in [5.41, 5.74) is 1.00. The molecule has 4 rings (SSSR count). The Kier molecular flexibility index (Phi) is 8.43. The molecular formula is C28H29F4N3O2. The highest BCUT2D eigenvalue weighted by atomic mass is 19.4. The predicted octanol–water partition coefficient (Wildman–Crippen LogP) is 5.25. The van der Waals surface area contributed by atoms with Gasteiger partial charge in [0.2, 0.25) is 0 Å². The van der Waals surface area contributed by atoms with Crippen molar-refractivity contribution in [1.29, 1.82) is 0 Å². The van der Waals surface area contributed by atoms with Crippen LogP contribution in [-0.2, 0) is 19.0 Å². The second-order valence-electron chi connectivity index (χ2n) is 9.20. The molecule has 0 saturated carbocycles. The number of carbonyl (C=O) groups is 1. The summed E-state index contributed by atoms with van der Waals surface area (Å²) in [5, 5.41) is 0. The average molecular weight is 516 g/mol. The summed E-state index contributed by atoms with van der Waals surface area (Å²) < 4.78 is 58.9. The molecule has 37 heavy (non-hydrogen) atoms. The molecule has 0 radical (unpaired) electrons. The normalized spacial score (nSPS) is 16.6. The lowest BCUT2D eigenvalue weighted by Gasteiger charge is -2.42. The van der Waals surface area contributed by atoms with E-state index in [9.17, 15) is 22.4 Å². The minimum Gasteiger partial charge on any atom is -0.497 e. The van der Waals surface area contributed by atoms with Gasteiger partial charge in [-0.05, 0) is 73.3 Å². The Bertz CT molecular complexity index is 1190. The maximum absolute atomic E-state index is 13.5. The van der Waals surface area contributed by atoms with Gasteiger partial charge in [-0.1, -0.05) is 18.2 Å². The van der Waals surface area contributed by atoms with Crippen molar-refractivity contribution in [3.05, 3.63) is 95.1 Å². The Balaban J connectivity index is 1.52. The summed E-state index contributed by atoms with van der Waals surface area (Å²) in [6.45, 7) is 2.35. The van der Waals surface area contributed by atoms with Crippen LogP contribution in [0.5, 0.6) is 5.75 Å². The first kappa shape index (κ1) is 26.6. The van der Waals surface area contributed by atoms with Crippen LogP contribution in [0.1, 0.15) is 33.5 Å². The molecule has 5 nitrogen and oxygen atoms in total. The van der Waals surface area contributed by atoms with E-state index < -0.39 is 17.6 Å². The van der Waals surface area contributed by atoms with Crippen molar-refractivity contribution in [2.75, 3.05) is 33.3 Å². The van der Waals surface area contributed by atoms with E-state index in [0.717, 1.165) is 42.6 Å². The highest BCUT2D eigenvalue weighted by Gasteiger charge is 2.35. The van der Waals surface area contributed by atoms with E-state index in [1.165, 1.54) is 25.3 Å². The lowest BCUT2D eigenvalue weighted by molar-refractivity contribution is -0.137. The van der Waals surface area contributed by atoms with E-state index >= 15 is 0 Å². The van der Waals surface area contributed by atoms with E-state index in [1.807, 2.05) is 18.3 Å². The molecule has 1 saturated heterocycles. The largest absolute Gasteiger partial charge is 0.497 e. The molecular weight excluding hydrogens is 486 g/mol. The van der Waals surface area contributed by atoms with Crippen LogP contribution in [0, 0.1) is 5.82 Å². The van der Waals surface area contributed by atoms with Crippen molar-refractivity contribution < 1.29 is 27.1 Å². The number of alkyl halides is 3. The number of piperazine rings is 1. The van der Waals surface area contributed by atoms with Crippen LogP contribution in [0.2, 0.25) is 0 Å². The molecule has 0 bridgehead atoms. The van der Waals surface area contributed by atoms with Gasteiger partial charge in [0.15, 0.2) is 0 Å². The number of rotatable bonds is 8. The van der Waals surface area contributed by atoms with Crippen molar-refractivity contribution in [3.63, 3.8) is 0 Å². The zero-order valence-corrected chi connectivity index (χ0v) is 20.5. The van der Waals surface area contributed by atoms with Crippen molar-refractivity contribution >= 4 is 5.91 Å². The highest BCUT2D eigenvalue weighted by molar-refractivity contribution is 5.95. The SMILES string of the molecule is COc1cc(C(=O)N2CCN(CCCc3cccnc3)C[C@H]2Cc2ccc(F)cc2)cc(C(F)(F)F)c1. The number of carbonyl (C=O) groups excluding carboxylic acids is 1. The van der Waals surface area contributed by atoms with Gasteiger partial charge in [-0.3, -0.25) is 14.7 Å². The third-order valence-corrected chi connectivity index (χ3v) is 6.59. The number of aryl methyl sites for hydroxylation is 1. The topological polar surface area (TPSA) is 45.7 Å². The van der Waals surface area contributed by atoms with Gasteiger partial charge in [-0.15, -0.1) is 0 Å². The number of aromatic nitrogens is 1. The Morgan fingerprint density at radius 3 is 2.54 bits per heavy atom. The minimum atomic E-state index is -4.61. The smallest absolute Gasteiger partial charge is 0.416 e. The number of pyridine rings is 1. The quantitative estimate of drug-likeness (QED) is 0.385. The maximum atomic E-state index is 13.5. The minimum absolute atomic E-state index is 0.0257. The number of benzene rings is 2. The van der Waals surface area contributed by atoms with E-state index in [0.29, 0.717) is 26.1 Å². The molecule has 9 heteroatoms. The van der Waals surface area contributed by atoms with Crippen LogP contribution in [0.15, 0.2) is 67.0 Å². The van der Waals surface area contributed by atoms with Gasteiger partial charge < -0.3 is 9.64 Å². The molecule has 2 aromatic carbocycles. The zero-order valence-electron chi connectivity index (χ0n) is 20.5. The molecule has 1 aliphatic rings. The molecule has 3 aromatic rings.